The van der Waals surface area contributed by atoms with E-state index in [-0.39, 0.29) is 24.3 Å². The van der Waals surface area contributed by atoms with Crippen molar-refractivity contribution >= 4 is 5.78 Å². The van der Waals surface area contributed by atoms with Crippen LogP contribution in [0.1, 0.15) is 22.3 Å². The fourth-order valence-corrected chi connectivity index (χ4v) is 1.90. The van der Waals surface area contributed by atoms with Crippen molar-refractivity contribution in [3.63, 3.8) is 0 Å². The maximum absolute atomic E-state index is 12.3. The fraction of sp³-hybridized carbons (Fsp3) is 0.188. The van der Waals surface area contributed by atoms with Gasteiger partial charge in [-0.05, 0) is 12.1 Å². The van der Waals surface area contributed by atoms with E-state index in [1.807, 2.05) is 0 Å². The van der Waals surface area contributed by atoms with E-state index in [0.29, 0.717) is 5.56 Å². The number of ketones is 1. The van der Waals surface area contributed by atoms with Gasteiger partial charge in [0.15, 0.2) is 23.6 Å². The highest BCUT2D eigenvalue weighted by Gasteiger charge is 2.20. The quantitative estimate of drug-likeness (QED) is 0.365. The van der Waals surface area contributed by atoms with E-state index in [4.69, 9.17) is 9.84 Å². The number of rotatable bonds is 6. The van der Waals surface area contributed by atoms with Gasteiger partial charge in [0.25, 0.3) is 0 Å². The first-order chi connectivity index (χ1) is 10.5. The Morgan fingerprint density at radius 2 is 1.73 bits per heavy atom. The minimum atomic E-state index is -1.33. The van der Waals surface area contributed by atoms with Crippen LogP contribution < -0.4 is 4.74 Å². The standard InChI is InChI=1S/C16H16O6/c17-9-8-13(18)22-12-7-6-11(15(20)16(12)21)14(19)10-4-2-1-3-5-10/h1-7,13,17-18,20-21H,8-9H2. The van der Waals surface area contributed by atoms with Crippen LogP contribution in [0, 0.1) is 0 Å². The predicted molar refractivity (Wildman–Crippen MR) is 78.0 cm³/mol. The molecule has 1 atom stereocenters. The molecule has 116 valence electrons. The first-order valence-corrected chi connectivity index (χ1v) is 6.65. The van der Waals surface area contributed by atoms with Gasteiger partial charge in [0, 0.05) is 18.6 Å². The van der Waals surface area contributed by atoms with Crippen molar-refractivity contribution in [1.29, 1.82) is 0 Å². The molecule has 6 heteroatoms. The number of aliphatic hydroxyl groups excluding tert-OH is 2. The monoisotopic (exact) mass is 304 g/mol. The van der Waals surface area contributed by atoms with Crippen molar-refractivity contribution in [2.75, 3.05) is 6.61 Å². The van der Waals surface area contributed by atoms with Gasteiger partial charge in [0.1, 0.15) is 0 Å². The highest BCUT2D eigenvalue weighted by Crippen LogP contribution is 2.39. The molecular weight excluding hydrogens is 288 g/mol. The molecule has 0 saturated carbocycles. The smallest absolute Gasteiger partial charge is 0.201 e. The van der Waals surface area contributed by atoms with Gasteiger partial charge in [0.2, 0.25) is 5.75 Å². The number of hydrogen-bond donors (Lipinski definition) is 4. The summed E-state index contributed by atoms with van der Waals surface area (Å²) in [5.74, 6) is -1.89. The topological polar surface area (TPSA) is 107 Å². The molecular formula is C16H16O6. The van der Waals surface area contributed by atoms with Gasteiger partial charge < -0.3 is 25.2 Å². The average molecular weight is 304 g/mol. The minimum Gasteiger partial charge on any atom is -0.504 e. The molecule has 0 amide bonds. The lowest BCUT2D eigenvalue weighted by molar-refractivity contribution is -0.0342. The maximum Gasteiger partial charge on any atom is 0.201 e. The van der Waals surface area contributed by atoms with E-state index in [2.05, 4.69) is 0 Å². The van der Waals surface area contributed by atoms with Crippen LogP contribution >= 0.6 is 0 Å². The molecule has 0 spiro atoms. The third-order valence-corrected chi connectivity index (χ3v) is 3.03. The van der Waals surface area contributed by atoms with Crippen LogP contribution in [0.25, 0.3) is 0 Å². The highest BCUT2D eigenvalue weighted by molar-refractivity contribution is 6.11. The van der Waals surface area contributed by atoms with Crippen LogP contribution in [0.2, 0.25) is 0 Å². The van der Waals surface area contributed by atoms with Crippen LogP contribution in [0.3, 0.4) is 0 Å². The molecule has 0 aliphatic carbocycles. The average Bonchev–Trinajstić information content (AvgIpc) is 2.52. The van der Waals surface area contributed by atoms with Crippen LogP contribution in [0.5, 0.6) is 17.2 Å². The molecule has 6 nitrogen and oxygen atoms in total. The second kappa shape index (κ2) is 6.93. The van der Waals surface area contributed by atoms with Crippen molar-refractivity contribution in [2.45, 2.75) is 12.7 Å². The number of phenolic OH excluding ortho intramolecular Hbond substituents is 2. The summed E-state index contributed by atoms with van der Waals surface area (Å²) < 4.78 is 4.98. The van der Waals surface area contributed by atoms with Crippen molar-refractivity contribution in [1.82, 2.24) is 0 Å². The van der Waals surface area contributed by atoms with E-state index in [9.17, 15) is 20.1 Å². The van der Waals surface area contributed by atoms with Crippen LogP contribution in [0.4, 0.5) is 0 Å². The number of aromatic hydroxyl groups is 2. The van der Waals surface area contributed by atoms with E-state index in [0.717, 1.165) is 0 Å². The second-order valence-corrected chi connectivity index (χ2v) is 4.59. The Bertz CT molecular complexity index is 653. The molecule has 0 aliphatic heterocycles. The van der Waals surface area contributed by atoms with Crippen LogP contribution in [-0.2, 0) is 0 Å². The zero-order valence-electron chi connectivity index (χ0n) is 11.6. The lowest BCUT2D eigenvalue weighted by atomic mass is 10.0. The summed E-state index contributed by atoms with van der Waals surface area (Å²) in [5.41, 5.74) is 0.291. The predicted octanol–water partition coefficient (Wildman–Crippen LogP) is 1.41. The summed E-state index contributed by atoms with van der Waals surface area (Å²) in [4.78, 5) is 12.3. The summed E-state index contributed by atoms with van der Waals surface area (Å²) in [6.45, 7) is -0.293. The summed E-state index contributed by atoms with van der Waals surface area (Å²) >= 11 is 0. The van der Waals surface area contributed by atoms with Crippen LogP contribution in [-0.4, -0.2) is 39.1 Å². The first kappa shape index (κ1) is 15.8. The van der Waals surface area contributed by atoms with Crippen molar-refractivity contribution in [2.24, 2.45) is 0 Å². The van der Waals surface area contributed by atoms with Gasteiger partial charge in [-0.15, -0.1) is 0 Å². The Balaban J connectivity index is 2.29. The van der Waals surface area contributed by atoms with E-state index < -0.39 is 23.6 Å². The van der Waals surface area contributed by atoms with Crippen molar-refractivity contribution in [3.8, 4) is 17.2 Å². The van der Waals surface area contributed by atoms with Gasteiger partial charge in [-0.2, -0.15) is 0 Å². The maximum atomic E-state index is 12.3. The number of carbonyl (C=O) groups is 1. The van der Waals surface area contributed by atoms with Crippen LogP contribution in [0.15, 0.2) is 42.5 Å². The fourth-order valence-electron chi connectivity index (χ4n) is 1.90. The Labute approximate surface area is 126 Å². The van der Waals surface area contributed by atoms with E-state index in [1.165, 1.54) is 12.1 Å². The second-order valence-electron chi connectivity index (χ2n) is 4.59. The molecule has 0 fully saturated rings. The number of aliphatic hydroxyl groups is 2. The number of ether oxygens (including phenoxy) is 1. The summed E-state index contributed by atoms with van der Waals surface area (Å²) in [7, 11) is 0. The Hall–Kier alpha value is -2.57. The number of hydrogen-bond acceptors (Lipinski definition) is 6. The van der Waals surface area contributed by atoms with Gasteiger partial charge in [0.05, 0.1) is 5.56 Å². The van der Waals surface area contributed by atoms with Crippen molar-refractivity contribution < 1.29 is 30.0 Å². The minimum absolute atomic E-state index is 0.0507. The molecule has 0 radical (unpaired) electrons. The molecule has 0 saturated heterocycles. The molecule has 0 aromatic heterocycles. The van der Waals surface area contributed by atoms with E-state index >= 15 is 0 Å². The highest BCUT2D eigenvalue weighted by atomic mass is 16.6. The molecule has 0 bridgehead atoms. The Morgan fingerprint density at radius 1 is 1.05 bits per heavy atom. The Kier molecular flexibility index (Phi) is 4.98. The molecule has 2 rings (SSSR count). The van der Waals surface area contributed by atoms with Gasteiger partial charge in [-0.3, -0.25) is 4.79 Å². The Morgan fingerprint density at radius 3 is 2.36 bits per heavy atom. The largest absolute Gasteiger partial charge is 0.504 e. The zero-order valence-corrected chi connectivity index (χ0v) is 11.6. The number of benzene rings is 2. The van der Waals surface area contributed by atoms with Crippen molar-refractivity contribution in [3.05, 3.63) is 53.6 Å². The third-order valence-electron chi connectivity index (χ3n) is 3.03. The molecule has 2 aromatic rings. The number of carbonyl (C=O) groups excluding carboxylic acids is 1. The van der Waals surface area contributed by atoms with Gasteiger partial charge >= 0.3 is 0 Å². The zero-order chi connectivity index (χ0) is 16.1. The molecule has 22 heavy (non-hydrogen) atoms. The normalized spacial score (nSPS) is 11.9. The first-order valence-electron chi connectivity index (χ1n) is 6.65. The third kappa shape index (κ3) is 3.36. The summed E-state index contributed by atoms with van der Waals surface area (Å²) in [6.07, 6.45) is -1.38. The lowest BCUT2D eigenvalue weighted by Crippen LogP contribution is -2.17. The summed E-state index contributed by atoms with van der Waals surface area (Å²) in [5, 5.41) is 38.0. The summed E-state index contributed by atoms with van der Waals surface area (Å²) in [6, 6.07) is 10.9. The molecule has 4 N–H and O–H groups in total. The van der Waals surface area contributed by atoms with E-state index in [1.54, 1.807) is 30.3 Å². The van der Waals surface area contributed by atoms with Gasteiger partial charge in [-0.1, -0.05) is 30.3 Å². The molecule has 0 aliphatic rings. The van der Waals surface area contributed by atoms with Gasteiger partial charge in [-0.25, -0.2) is 0 Å². The SMILES string of the molecule is O=C(c1ccccc1)c1ccc(OC(O)CCO)c(O)c1O. The number of phenols is 2. The molecule has 2 aromatic carbocycles. The molecule has 1 unspecified atom stereocenters. The lowest BCUT2D eigenvalue weighted by Gasteiger charge is -2.15. The molecule has 0 heterocycles.